The van der Waals surface area contributed by atoms with Gasteiger partial charge in [0, 0.05) is 6.54 Å². The highest BCUT2D eigenvalue weighted by molar-refractivity contribution is 8.01. The maximum Gasteiger partial charge on any atom is 0.410 e. The maximum absolute atomic E-state index is 13.8. The molecule has 1 N–H and O–H groups in total. The molecule has 0 saturated carbocycles. The molecule has 1 aliphatic heterocycles. The number of nitrogens with one attached hydrogen (secondary N) is 1. The number of benzene rings is 1. The fourth-order valence-corrected chi connectivity index (χ4v) is 4.45. The van der Waals surface area contributed by atoms with Crippen LogP contribution in [0.1, 0.15) is 24.1 Å². The molecule has 0 fully saturated rings. The molecule has 138 valence electrons. The van der Waals surface area contributed by atoms with Gasteiger partial charge in [-0.25, -0.2) is 9.18 Å². The molecule has 1 atom stereocenters. The third-order valence-electron chi connectivity index (χ3n) is 3.90. The SMILES string of the molecule is CCSc1nnc(NC(=O)C2c3cc(F)ccc3CCN2C(=O)OC)s1. The average molecular weight is 396 g/mol. The van der Waals surface area contributed by atoms with E-state index in [1.165, 1.54) is 47.2 Å². The van der Waals surface area contributed by atoms with Crippen molar-refractivity contribution in [2.75, 3.05) is 24.7 Å². The largest absolute Gasteiger partial charge is 0.453 e. The van der Waals surface area contributed by atoms with Crippen LogP contribution in [0.25, 0.3) is 0 Å². The summed E-state index contributed by atoms with van der Waals surface area (Å²) in [6.07, 6.45) is -0.121. The molecular weight excluding hydrogens is 379 g/mol. The van der Waals surface area contributed by atoms with Gasteiger partial charge < -0.3 is 4.74 Å². The number of fused-ring (bicyclic) bond motifs is 1. The monoisotopic (exact) mass is 396 g/mol. The molecule has 1 aromatic carbocycles. The van der Waals surface area contributed by atoms with Crippen molar-refractivity contribution in [1.29, 1.82) is 0 Å². The average Bonchev–Trinajstić information content (AvgIpc) is 3.07. The summed E-state index contributed by atoms with van der Waals surface area (Å²) in [5, 5.41) is 10.9. The number of aromatic nitrogens is 2. The highest BCUT2D eigenvalue weighted by Crippen LogP contribution is 2.33. The highest BCUT2D eigenvalue weighted by atomic mass is 32.2. The first kappa shape index (κ1) is 18.6. The van der Waals surface area contributed by atoms with E-state index in [-0.39, 0.29) is 0 Å². The maximum atomic E-state index is 13.8. The van der Waals surface area contributed by atoms with Crippen molar-refractivity contribution in [3.8, 4) is 0 Å². The van der Waals surface area contributed by atoms with Gasteiger partial charge in [0.1, 0.15) is 11.9 Å². The number of hydrogen-bond acceptors (Lipinski definition) is 7. The van der Waals surface area contributed by atoms with Gasteiger partial charge in [-0.05, 0) is 35.4 Å². The second-order valence-corrected chi connectivity index (χ2v) is 7.94. The van der Waals surface area contributed by atoms with Crippen molar-refractivity contribution >= 4 is 40.2 Å². The van der Waals surface area contributed by atoms with Crippen molar-refractivity contribution in [2.24, 2.45) is 0 Å². The highest BCUT2D eigenvalue weighted by Gasteiger charge is 2.37. The Kier molecular flexibility index (Phi) is 5.72. The molecule has 7 nitrogen and oxygen atoms in total. The van der Waals surface area contributed by atoms with Crippen LogP contribution in [0, 0.1) is 5.82 Å². The predicted molar refractivity (Wildman–Crippen MR) is 96.9 cm³/mol. The fourth-order valence-electron chi connectivity index (χ4n) is 2.80. The van der Waals surface area contributed by atoms with E-state index in [9.17, 15) is 14.0 Å². The molecule has 10 heteroatoms. The first-order valence-corrected chi connectivity index (χ1v) is 9.73. The van der Waals surface area contributed by atoms with E-state index in [2.05, 4.69) is 15.5 Å². The van der Waals surface area contributed by atoms with Crippen molar-refractivity contribution < 1.29 is 18.7 Å². The van der Waals surface area contributed by atoms with Crippen molar-refractivity contribution in [3.05, 3.63) is 35.1 Å². The molecule has 0 aliphatic carbocycles. The van der Waals surface area contributed by atoms with Crippen LogP contribution in [-0.2, 0) is 16.0 Å². The third kappa shape index (κ3) is 3.80. The number of ether oxygens (including phenoxy) is 1. The van der Waals surface area contributed by atoms with Crippen LogP contribution in [0.2, 0.25) is 0 Å². The summed E-state index contributed by atoms with van der Waals surface area (Å²) in [6, 6.07) is 3.28. The Morgan fingerprint density at radius 3 is 3.00 bits per heavy atom. The number of amides is 2. The lowest BCUT2D eigenvalue weighted by atomic mass is 9.92. The molecule has 1 aromatic heterocycles. The van der Waals surface area contributed by atoms with Crippen LogP contribution < -0.4 is 5.32 Å². The van der Waals surface area contributed by atoms with Gasteiger partial charge in [0.25, 0.3) is 5.91 Å². The smallest absolute Gasteiger partial charge is 0.410 e. The molecule has 0 spiro atoms. The lowest BCUT2D eigenvalue weighted by molar-refractivity contribution is -0.121. The summed E-state index contributed by atoms with van der Waals surface area (Å²) in [6.45, 7) is 2.29. The second kappa shape index (κ2) is 8.00. The Morgan fingerprint density at radius 2 is 2.27 bits per heavy atom. The normalized spacial score (nSPS) is 16.1. The van der Waals surface area contributed by atoms with E-state index in [1.807, 2.05) is 6.92 Å². The van der Waals surface area contributed by atoms with E-state index in [1.54, 1.807) is 6.07 Å². The molecule has 0 saturated heterocycles. The summed E-state index contributed by atoms with van der Waals surface area (Å²) in [7, 11) is 1.25. The number of anilines is 1. The molecule has 1 aliphatic rings. The Morgan fingerprint density at radius 1 is 1.46 bits per heavy atom. The summed E-state index contributed by atoms with van der Waals surface area (Å²) >= 11 is 2.77. The Labute approximate surface area is 157 Å². The van der Waals surface area contributed by atoms with Crippen molar-refractivity contribution in [3.63, 3.8) is 0 Å². The predicted octanol–water partition coefficient (Wildman–Crippen LogP) is 3.09. The third-order valence-corrected chi connectivity index (χ3v) is 5.75. The first-order valence-electron chi connectivity index (χ1n) is 7.93. The Bertz CT molecular complexity index is 830. The minimum atomic E-state index is -0.993. The van der Waals surface area contributed by atoms with E-state index in [0.717, 1.165) is 15.7 Å². The number of nitrogens with zero attached hydrogens (tertiary/aromatic N) is 3. The molecule has 26 heavy (non-hydrogen) atoms. The Hall–Kier alpha value is -2.20. The number of halogens is 1. The van der Waals surface area contributed by atoms with Gasteiger partial charge in [0.15, 0.2) is 4.34 Å². The number of thioether (sulfide) groups is 1. The van der Waals surface area contributed by atoms with Crippen LogP contribution in [0.15, 0.2) is 22.5 Å². The number of methoxy groups -OCH3 is 1. The van der Waals surface area contributed by atoms with E-state index in [0.29, 0.717) is 23.7 Å². The van der Waals surface area contributed by atoms with Crippen LogP contribution in [-0.4, -0.2) is 46.5 Å². The number of carbonyl (C=O) groups excluding carboxylic acids is 2. The summed E-state index contributed by atoms with van der Waals surface area (Å²) in [4.78, 5) is 26.3. The van der Waals surface area contributed by atoms with Gasteiger partial charge in [-0.2, -0.15) is 0 Å². The van der Waals surface area contributed by atoms with E-state index in [4.69, 9.17) is 4.74 Å². The summed E-state index contributed by atoms with van der Waals surface area (Å²) in [5.41, 5.74) is 1.28. The zero-order chi connectivity index (χ0) is 18.7. The quantitative estimate of drug-likeness (QED) is 0.632. The topological polar surface area (TPSA) is 84.4 Å². The lowest BCUT2D eigenvalue weighted by Gasteiger charge is -2.35. The molecule has 3 rings (SSSR count). The molecule has 1 unspecified atom stereocenters. The zero-order valence-corrected chi connectivity index (χ0v) is 15.8. The van der Waals surface area contributed by atoms with E-state index >= 15 is 0 Å². The first-order chi connectivity index (χ1) is 12.5. The number of carbonyl (C=O) groups is 2. The second-order valence-electron chi connectivity index (χ2n) is 5.45. The van der Waals surface area contributed by atoms with Gasteiger partial charge in [-0.1, -0.05) is 36.1 Å². The van der Waals surface area contributed by atoms with E-state index < -0.39 is 23.9 Å². The number of hydrogen-bond donors (Lipinski definition) is 1. The van der Waals surface area contributed by atoms with Crippen LogP contribution in [0.5, 0.6) is 0 Å². The molecule has 0 radical (unpaired) electrons. The van der Waals surface area contributed by atoms with Crippen LogP contribution in [0.3, 0.4) is 0 Å². The molecular formula is C16H17FN4O3S2. The molecule has 2 heterocycles. The van der Waals surface area contributed by atoms with Gasteiger partial charge >= 0.3 is 6.09 Å². The minimum absolute atomic E-state index is 0.302. The Balaban J connectivity index is 1.90. The summed E-state index contributed by atoms with van der Waals surface area (Å²) < 4.78 is 19.3. The molecule has 2 amide bonds. The lowest BCUT2D eigenvalue weighted by Crippen LogP contribution is -2.45. The van der Waals surface area contributed by atoms with Crippen molar-refractivity contribution in [2.45, 2.75) is 23.7 Å². The molecule has 0 bridgehead atoms. The van der Waals surface area contributed by atoms with Gasteiger partial charge in [-0.15, -0.1) is 10.2 Å². The van der Waals surface area contributed by atoms with Gasteiger partial charge in [0.05, 0.1) is 7.11 Å². The van der Waals surface area contributed by atoms with Crippen LogP contribution in [0.4, 0.5) is 14.3 Å². The van der Waals surface area contributed by atoms with Gasteiger partial charge in [-0.3, -0.25) is 15.0 Å². The van der Waals surface area contributed by atoms with Gasteiger partial charge in [0.2, 0.25) is 5.13 Å². The standard InChI is InChI=1S/C16H17FN4O3S2/c1-3-25-15-20-19-14(26-15)18-13(22)12-11-8-10(17)5-4-9(11)6-7-21(12)16(23)24-2/h4-5,8,12H,3,6-7H2,1-2H3,(H,18,19,22). The number of rotatable bonds is 4. The summed E-state index contributed by atoms with van der Waals surface area (Å²) in [5.74, 6) is -0.106. The fraction of sp³-hybridized carbons (Fsp3) is 0.375. The zero-order valence-electron chi connectivity index (χ0n) is 14.2. The van der Waals surface area contributed by atoms with Crippen LogP contribution >= 0.6 is 23.1 Å². The molecule has 2 aromatic rings. The van der Waals surface area contributed by atoms with Crippen molar-refractivity contribution in [1.82, 2.24) is 15.1 Å². The minimum Gasteiger partial charge on any atom is -0.453 e.